The van der Waals surface area contributed by atoms with Crippen molar-refractivity contribution < 1.29 is 4.42 Å². The van der Waals surface area contributed by atoms with Gasteiger partial charge in [0.05, 0.1) is 35.6 Å². The Labute approximate surface area is 151 Å². The van der Waals surface area contributed by atoms with Gasteiger partial charge in [-0.05, 0) is 44.2 Å². The van der Waals surface area contributed by atoms with Crippen LogP contribution in [0.5, 0.6) is 0 Å². The molecule has 0 atom stereocenters. The topological polar surface area (TPSA) is 68.8 Å². The molecule has 0 amide bonds. The molecule has 0 aliphatic rings. The second kappa shape index (κ2) is 6.84. The minimum Gasteiger partial charge on any atom is -0.467 e. The highest BCUT2D eigenvalue weighted by Gasteiger charge is 2.16. The number of furan rings is 1. The molecule has 0 radical (unpaired) electrons. The molecular formula is C20H19N5O. The van der Waals surface area contributed by atoms with Crippen LogP contribution in [-0.4, -0.2) is 19.7 Å². The number of aromatic nitrogens is 4. The van der Waals surface area contributed by atoms with E-state index in [1.54, 1.807) is 12.5 Å². The summed E-state index contributed by atoms with van der Waals surface area (Å²) < 4.78 is 7.28. The summed E-state index contributed by atoms with van der Waals surface area (Å²) in [5.74, 6) is 1.40. The Bertz CT molecular complexity index is 1010. The van der Waals surface area contributed by atoms with Gasteiger partial charge in [0, 0.05) is 11.8 Å². The van der Waals surface area contributed by atoms with Crippen molar-refractivity contribution in [3.05, 3.63) is 78.1 Å². The number of aryl methyl sites for hydroxylation is 1. The quantitative estimate of drug-likeness (QED) is 0.588. The van der Waals surface area contributed by atoms with Gasteiger partial charge < -0.3 is 9.73 Å². The third kappa shape index (κ3) is 3.09. The predicted octanol–water partition coefficient (Wildman–Crippen LogP) is 4.15. The van der Waals surface area contributed by atoms with Gasteiger partial charge >= 0.3 is 0 Å². The predicted molar refractivity (Wildman–Crippen MR) is 100 cm³/mol. The summed E-state index contributed by atoms with van der Waals surface area (Å²) in [6, 6.07) is 15.8. The molecule has 130 valence electrons. The third-order valence-corrected chi connectivity index (χ3v) is 4.20. The van der Waals surface area contributed by atoms with E-state index in [9.17, 15) is 0 Å². The summed E-state index contributed by atoms with van der Waals surface area (Å²) in [7, 11) is 0. The highest BCUT2D eigenvalue weighted by atomic mass is 16.3. The number of hydrogen-bond donors (Lipinski definition) is 1. The Morgan fingerprint density at radius 2 is 1.88 bits per heavy atom. The average molecular weight is 345 g/mol. The molecule has 0 aliphatic carbocycles. The van der Waals surface area contributed by atoms with Crippen molar-refractivity contribution in [2.45, 2.75) is 20.4 Å². The Morgan fingerprint density at radius 3 is 2.65 bits per heavy atom. The normalized spacial score (nSPS) is 10.8. The van der Waals surface area contributed by atoms with Gasteiger partial charge in [-0.25, -0.2) is 14.6 Å². The lowest BCUT2D eigenvalue weighted by Crippen LogP contribution is -2.03. The molecule has 0 spiro atoms. The number of anilines is 1. The smallest absolute Gasteiger partial charge is 0.223 e. The lowest BCUT2D eigenvalue weighted by Gasteiger charge is -2.07. The molecule has 4 aromatic rings. The molecule has 1 N–H and O–H groups in total. The van der Waals surface area contributed by atoms with E-state index in [2.05, 4.69) is 22.2 Å². The zero-order valence-corrected chi connectivity index (χ0v) is 14.7. The largest absolute Gasteiger partial charge is 0.467 e. The zero-order valence-electron chi connectivity index (χ0n) is 14.7. The fraction of sp³-hybridized carbons (Fsp3) is 0.150. The Hall–Kier alpha value is -3.41. The van der Waals surface area contributed by atoms with Crippen LogP contribution in [0.15, 0.2) is 65.4 Å². The lowest BCUT2D eigenvalue weighted by molar-refractivity contribution is 0.517. The van der Waals surface area contributed by atoms with Crippen molar-refractivity contribution in [1.82, 2.24) is 19.7 Å². The summed E-state index contributed by atoms with van der Waals surface area (Å²) in [5.41, 5.74) is 4.88. The molecule has 6 nitrogen and oxygen atoms in total. The molecular weight excluding hydrogens is 326 g/mol. The van der Waals surface area contributed by atoms with E-state index >= 15 is 0 Å². The minimum absolute atomic E-state index is 0.539. The van der Waals surface area contributed by atoms with E-state index in [0.717, 1.165) is 34.1 Å². The number of hydrogen-bond acceptors (Lipinski definition) is 5. The highest BCUT2D eigenvalue weighted by molar-refractivity contribution is 5.66. The summed E-state index contributed by atoms with van der Waals surface area (Å²) in [4.78, 5) is 8.95. The van der Waals surface area contributed by atoms with Crippen LogP contribution in [0.2, 0.25) is 0 Å². The Kier molecular flexibility index (Phi) is 4.23. The van der Waals surface area contributed by atoms with Crippen LogP contribution in [0, 0.1) is 13.8 Å². The van der Waals surface area contributed by atoms with Crippen LogP contribution in [-0.2, 0) is 6.54 Å². The van der Waals surface area contributed by atoms with E-state index in [-0.39, 0.29) is 0 Å². The molecule has 1 aromatic carbocycles. The number of nitrogens with one attached hydrogen (secondary N) is 1. The van der Waals surface area contributed by atoms with Gasteiger partial charge in [0.15, 0.2) is 0 Å². The van der Waals surface area contributed by atoms with Crippen LogP contribution in [0.4, 0.5) is 5.95 Å². The van der Waals surface area contributed by atoms with Gasteiger partial charge in [-0.3, -0.25) is 0 Å². The van der Waals surface area contributed by atoms with E-state index < -0.39 is 0 Å². The number of para-hydroxylation sites is 1. The number of benzene rings is 1. The highest BCUT2D eigenvalue weighted by Crippen LogP contribution is 2.27. The average Bonchev–Trinajstić information content (AvgIpc) is 3.29. The fourth-order valence-electron chi connectivity index (χ4n) is 3.00. The summed E-state index contributed by atoms with van der Waals surface area (Å²) in [6.07, 6.45) is 3.41. The SMILES string of the molecule is Cc1nn(-c2ccccc2)c(C)c1-c1ccnc(NCc2ccco2)n1. The third-order valence-electron chi connectivity index (χ3n) is 4.20. The van der Waals surface area contributed by atoms with E-state index in [1.165, 1.54) is 0 Å². The van der Waals surface area contributed by atoms with Crippen molar-refractivity contribution in [3.63, 3.8) is 0 Å². The molecule has 26 heavy (non-hydrogen) atoms. The number of nitrogens with zero attached hydrogens (tertiary/aromatic N) is 4. The lowest BCUT2D eigenvalue weighted by atomic mass is 10.1. The maximum Gasteiger partial charge on any atom is 0.223 e. The second-order valence-corrected chi connectivity index (χ2v) is 5.99. The molecule has 4 rings (SSSR count). The second-order valence-electron chi connectivity index (χ2n) is 5.99. The van der Waals surface area contributed by atoms with E-state index in [1.807, 2.05) is 60.1 Å². The first-order valence-electron chi connectivity index (χ1n) is 8.43. The summed E-state index contributed by atoms with van der Waals surface area (Å²) in [6.45, 7) is 4.60. The van der Waals surface area contributed by atoms with E-state index in [4.69, 9.17) is 9.52 Å². The van der Waals surface area contributed by atoms with Crippen molar-refractivity contribution in [2.24, 2.45) is 0 Å². The summed E-state index contributed by atoms with van der Waals surface area (Å²) >= 11 is 0. The van der Waals surface area contributed by atoms with Gasteiger partial charge in [-0.1, -0.05) is 18.2 Å². The first-order chi connectivity index (χ1) is 12.7. The first kappa shape index (κ1) is 16.1. The minimum atomic E-state index is 0.539. The molecule has 0 aliphatic heterocycles. The van der Waals surface area contributed by atoms with Crippen LogP contribution in [0.3, 0.4) is 0 Å². The van der Waals surface area contributed by atoms with Crippen LogP contribution in [0.25, 0.3) is 16.9 Å². The van der Waals surface area contributed by atoms with E-state index in [0.29, 0.717) is 12.5 Å². The van der Waals surface area contributed by atoms with Crippen molar-refractivity contribution in [3.8, 4) is 16.9 Å². The van der Waals surface area contributed by atoms with Gasteiger partial charge in [0.25, 0.3) is 0 Å². The Balaban J connectivity index is 1.65. The summed E-state index contributed by atoms with van der Waals surface area (Å²) in [5, 5.41) is 7.89. The Morgan fingerprint density at radius 1 is 1.04 bits per heavy atom. The molecule has 0 bridgehead atoms. The number of rotatable bonds is 5. The van der Waals surface area contributed by atoms with Gasteiger partial charge in [0.1, 0.15) is 5.76 Å². The monoisotopic (exact) mass is 345 g/mol. The van der Waals surface area contributed by atoms with Gasteiger partial charge in [-0.2, -0.15) is 5.10 Å². The molecule has 0 saturated carbocycles. The van der Waals surface area contributed by atoms with Gasteiger partial charge in [-0.15, -0.1) is 0 Å². The first-order valence-corrected chi connectivity index (χ1v) is 8.43. The van der Waals surface area contributed by atoms with Gasteiger partial charge in [0.2, 0.25) is 5.95 Å². The zero-order chi connectivity index (χ0) is 17.9. The standard InChI is InChI=1S/C20H19N5O/c1-14-19(15(2)25(24-14)16-7-4-3-5-8-16)18-10-11-21-20(23-18)22-13-17-9-6-12-26-17/h3-12H,13H2,1-2H3,(H,21,22,23). The molecule has 0 unspecified atom stereocenters. The van der Waals surface area contributed by atoms with Crippen molar-refractivity contribution in [2.75, 3.05) is 5.32 Å². The molecule has 3 heterocycles. The fourth-order valence-corrected chi connectivity index (χ4v) is 3.00. The maximum absolute atomic E-state index is 5.33. The van der Waals surface area contributed by atoms with Crippen LogP contribution in [0.1, 0.15) is 17.1 Å². The molecule has 6 heteroatoms. The molecule has 0 fully saturated rings. The van der Waals surface area contributed by atoms with Crippen molar-refractivity contribution in [1.29, 1.82) is 0 Å². The molecule has 0 saturated heterocycles. The van der Waals surface area contributed by atoms with Crippen molar-refractivity contribution >= 4 is 5.95 Å². The maximum atomic E-state index is 5.33. The molecule has 3 aromatic heterocycles. The van der Waals surface area contributed by atoms with Crippen LogP contribution < -0.4 is 5.32 Å². The van der Waals surface area contributed by atoms with Crippen LogP contribution >= 0.6 is 0 Å².